The van der Waals surface area contributed by atoms with Crippen molar-refractivity contribution in [3.8, 4) is 0 Å². The van der Waals surface area contributed by atoms with Crippen molar-refractivity contribution in [3.63, 3.8) is 0 Å². The van der Waals surface area contributed by atoms with E-state index in [0.717, 1.165) is 19.4 Å². The van der Waals surface area contributed by atoms with E-state index >= 15 is 0 Å². The molecule has 0 bridgehead atoms. The summed E-state index contributed by atoms with van der Waals surface area (Å²) in [6.45, 7) is 0.910. The first-order chi connectivity index (χ1) is 6.27. The van der Waals surface area contributed by atoms with Gasteiger partial charge in [-0.25, -0.2) is 4.68 Å². The van der Waals surface area contributed by atoms with Crippen LogP contribution in [-0.4, -0.2) is 28.3 Å². The highest BCUT2D eigenvalue weighted by atomic mass is 16.2. The molecule has 5 nitrogen and oxygen atoms in total. The van der Waals surface area contributed by atoms with Gasteiger partial charge in [0, 0.05) is 0 Å². The third-order valence-corrected chi connectivity index (χ3v) is 2.19. The molecule has 0 amide bonds. The number of rotatable bonds is 1. The lowest BCUT2D eigenvalue weighted by Gasteiger charge is -2.07. The van der Waals surface area contributed by atoms with Crippen LogP contribution in [0.25, 0.3) is 0 Å². The van der Waals surface area contributed by atoms with Gasteiger partial charge in [-0.05, 0) is 19.4 Å². The summed E-state index contributed by atoms with van der Waals surface area (Å²) >= 11 is 0. The SMILES string of the molecule is Nc1cnn(C(=O)[C@@H]2CCCN2)c1. The Balaban J connectivity index is 2.12. The monoisotopic (exact) mass is 180 g/mol. The first-order valence-electron chi connectivity index (χ1n) is 4.35. The van der Waals surface area contributed by atoms with Crippen LogP contribution in [0.3, 0.4) is 0 Å². The van der Waals surface area contributed by atoms with Gasteiger partial charge < -0.3 is 11.1 Å². The normalized spacial score (nSPS) is 22.0. The number of anilines is 1. The fourth-order valence-corrected chi connectivity index (χ4v) is 1.51. The summed E-state index contributed by atoms with van der Waals surface area (Å²) in [5, 5.41) is 6.98. The van der Waals surface area contributed by atoms with Gasteiger partial charge in [-0.15, -0.1) is 0 Å². The Morgan fingerprint density at radius 2 is 2.62 bits per heavy atom. The number of nitrogen functional groups attached to an aromatic ring is 1. The zero-order valence-corrected chi connectivity index (χ0v) is 7.23. The van der Waals surface area contributed by atoms with E-state index in [4.69, 9.17) is 5.73 Å². The number of aromatic nitrogens is 2. The molecular weight excluding hydrogens is 168 g/mol. The molecule has 0 radical (unpaired) electrons. The summed E-state index contributed by atoms with van der Waals surface area (Å²) in [7, 11) is 0. The van der Waals surface area contributed by atoms with Gasteiger partial charge in [0.05, 0.1) is 24.1 Å². The molecule has 0 spiro atoms. The number of nitrogens with two attached hydrogens (primary N) is 1. The molecule has 1 saturated heterocycles. The van der Waals surface area contributed by atoms with Crippen LogP contribution in [0.4, 0.5) is 5.69 Å². The lowest BCUT2D eigenvalue weighted by Crippen LogP contribution is -2.34. The van der Waals surface area contributed by atoms with Crippen molar-refractivity contribution < 1.29 is 4.79 Å². The second kappa shape index (κ2) is 3.18. The quantitative estimate of drug-likeness (QED) is 0.630. The molecule has 1 aliphatic rings. The average Bonchev–Trinajstić information content (AvgIpc) is 2.72. The van der Waals surface area contributed by atoms with Gasteiger partial charge in [0.25, 0.3) is 5.91 Å². The van der Waals surface area contributed by atoms with Crippen LogP contribution in [0, 0.1) is 0 Å². The van der Waals surface area contributed by atoms with Gasteiger partial charge in [-0.1, -0.05) is 0 Å². The second-order valence-corrected chi connectivity index (χ2v) is 3.21. The molecular formula is C8H12N4O. The molecule has 0 unspecified atom stereocenters. The molecule has 1 aromatic rings. The molecule has 0 aromatic carbocycles. The predicted octanol–water partition coefficient (Wildman–Crippen LogP) is -0.143. The van der Waals surface area contributed by atoms with Crippen molar-refractivity contribution in [2.45, 2.75) is 18.9 Å². The largest absolute Gasteiger partial charge is 0.396 e. The Morgan fingerprint density at radius 3 is 3.15 bits per heavy atom. The number of nitrogens with one attached hydrogen (secondary N) is 1. The molecule has 1 aliphatic heterocycles. The summed E-state index contributed by atoms with van der Waals surface area (Å²) in [5.74, 6) is -0.0193. The Kier molecular flexibility index (Phi) is 2.02. The number of carbonyl (C=O) groups is 1. The van der Waals surface area contributed by atoms with Crippen LogP contribution in [0.5, 0.6) is 0 Å². The fourth-order valence-electron chi connectivity index (χ4n) is 1.51. The molecule has 0 saturated carbocycles. The molecule has 0 aliphatic carbocycles. The molecule has 3 N–H and O–H groups in total. The number of carbonyl (C=O) groups excluding carboxylic acids is 1. The summed E-state index contributed by atoms with van der Waals surface area (Å²) in [6.07, 6.45) is 4.96. The lowest BCUT2D eigenvalue weighted by atomic mass is 10.2. The van der Waals surface area contributed by atoms with E-state index in [1.54, 1.807) is 6.20 Å². The molecule has 13 heavy (non-hydrogen) atoms. The van der Waals surface area contributed by atoms with E-state index in [1.165, 1.54) is 10.9 Å². The van der Waals surface area contributed by atoms with E-state index in [0.29, 0.717) is 5.69 Å². The first kappa shape index (κ1) is 8.25. The number of hydrogen-bond donors (Lipinski definition) is 2. The van der Waals surface area contributed by atoms with Crippen molar-refractivity contribution in [1.29, 1.82) is 0 Å². The van der Waals surface area contributed by atoms with E-state index in [1.807, 2.05) is 0 Å². The van der Waals surface area contributed by atoms with Crippen LogP contribution in [-0.2, 0) is 0 Å². The van der Waals surface area contributed by atoms with E-state index in [2.05, 4.69) is 10.4 Å². The molecule has 5 heteroatoms. The van der Waals surface area contributed by atoms with Crippen molar-refractivity contribution in [2.75, 3.05) is 12.3 Å². The van der Waals surface area contributed by atoms with E-state index < -0.39 is 0 Å². The second-order valence-electron chi connectivity index (χ2n) is 3.21. The van der Waals surface area contributed by atoms with Crippen molar-refractivity contribution in [2.24, 2.45) is 0 Å². The van der Waals surface area contributed by atoms with Crippen molar-refractivity contribution in [1.82, 2.24) is 15.1 Å². The van der Waals surface area contributed by atoms with Crippen LogP contribution in [0.2, 0.25) is 0 Å². The summed E-state index contributed by atoms with van der Waals surface area (Å²) in [4.78, 5) is 11.6. The van der Waals surface area contributed by atoms with Crippen LogP contribution in [0.15, 0.2) is 12.4 Å². The topological polar surface area (TPSA) is 72.9 Å². The zero-order chi connectivity index (χ0) is 9.26. The van der Waals surface area contributed by atoms with Gasteiger partial charge in [0.15, 0.2) is 0 Å². The zero-order valence-electron chi connectivity index (χ0n) is 7.23. The molecule has 70 valence electrons. The van der Waals surface area contributed by atoms with Gasteiger partial charge in [0.2, 0.25) is 0 Å². The fraction of sp³-hybridized carbons (Fsp3) is 0.500. The van der Waals surface area contributed by atoms with Gasteiger partial charge in [-0.3, -0.25) is 4.79 Å². The van der Waals surface area contributed by atoms with Gasteiger partial charge >= 0.3 is 0 Å². The van der Waals surface area contributed by atoms with Crippen LogP contribution < -0.4 is 11.1 Å². The minimum Gasteiger partial charge on any atom is -0.396 e. The molecule has 1 aromatic heterocycles. The smallest absolute Gasteiger partial charge is 0.264 e. The predicted molar refractivity (Wildman–Crippen MR) is 48.3 cm³/mol. The van der Waals surface area contributed by atoms with Crippen molar-refractivity contribution in [3.05, 3.63) is 12.4 Å². The summed E-state index contributed by atoms with van der Waals surface area (Å²) in [5.41, 5.74) is 5.98. The maximum atomic E-state index is 11.6. The number of nitrogens with zero attached hydrogens (tertiary/aromatic N) is 2. The minimum absolute atomic E-state index is 0.0193. The highest BCUT2D eigenvalue weighted by molar-refractivity contribution is 5.84. The highest BCUT2D eigenvalue weighted by Gasteiger charge is 2.23. The molecule has 2 heterocycles. The third-order valence-electron chi connectivity index (χ3n) is 2.19. The Morgan fingerprint density at radius 1 is 1.77 bits per heavy atom. The Hall–Kier alpha value is -1.36. The van der Waals surface area contributed by atoms with E-state index in [-0.39, 0.29) is 11.9 Å². The maximum absolute atomic E-state index is 11.6. The third kappa shape index (κ3) is 1.55. The average molecular weight is 180 g/mol. The molecule has 1 atom stereocenters. The minimum atomic E-state index is -0.0840. The lowest BCUT2D eigenvalue weighted by molar-refractivity contribution is 0.0853. The van der Waals surface area contributed by atoms with Crippen molar-refractivity contribution >= 4 is 11.6 Å². The van der Waals surface area contributed by atoms with Gasteiger partial charge in [0.1, 0.15) is 0 Å². The maximum Gasteiger partial charge on any atom is 0.264 e. The summed E-state index contributed by atoms with van der Waals surface area (Å²) < 4.78 is 1.30. The van der Waals surface area contributed by atoms with Crippen LogP contribution in [0.1, 0.15) is 17.6 Å². The Bertz CT molecular complexity index is 314. The Labute approximate surface area is 75.9 Å². The summed E-state index contributed by atoms with van der Waals surface area (Å²) in [6, 6.07) is -0.0840. The molecule has 2 rings (SSSR count). The number of hydrogen-bond acceptors (Lipinski definition) is 4. The first-order valence-corrected chi connectivity index (χ1v) is 4.35. The van der Waals surface area contributed by atoms with Gasteiger partial charge in [-0.2, -0.15) is 5.10 Å². The highest BCUT2D eigenvalue weighted by Crippen LogP contribution is 2.08. The molecule has 1 fully saturated rings. The van der Waals surface area contributed by atoms with E-state index in [9.17, 15) is 4.79 Å². The van der Waals surface area contributed by atoms with Crippen LogP contribution >= 0.6 is 0 Å². The standard InChI is InChI=1S/C8H12N4O/c9-6-4-11-12(5-6)8(13)7-2-1-3-10-7/h4-5,7,10H,1-3,9H2/t7-/m0/s1.